The van der Waals surface area contributed by atoms with E-state index < -0.39 is 11.9 Å². The van der Waals surface area contributed by atoms with Crippen molar-refractivity contribution >= 4 is 11.9 Å². The van der Waals surface area contributed by atoms with Crippen LogP contribution in [0.3, 0.4) is 0 Å². The highest BCUT2D eigenvalue weighted by Crippen LogP contribution is 2.12. The summed E-state index contributed by atoms with van der Waals surface area (Å²) in [4.78, 5) is 22.6. The van der Waals surface area contributed by atoms with Gasteiger partial charge in [-0.3, -0.25) is 4.79 Å². The number of esters is 1. The Labute approximate surface area is 110 Å². The molecular weight excluding hydrogens is 246 g/mol. The molecule has 5 nitrogen and oxygen atoms in total. The number of hydrogen-bond acceptors (Lipinski definition) is 4. The van der Waals surface area contributed by atoms with Gasteiger partial charge in [-0.15, -0.1) is 0 Å². The first-order chi connectivity index (χ1) is 9.08. The molecule has 98 valence electrons. The summed E-state index contributed by atoms with van der Waals surface area (Å²) in [7, 11) is 0. The van der Waals surface area contributed by atoms with Crippen molar-refractivity contribution < 1.29 is 18.7 Å². The monoisotopic (exact) mass is 259 g/mol. The largest absolute Gasteiger partial charge is 0.469 e. The second kappa shape index (κ2) is 5.39. The Morgan fingerprint density at radius 1 is 1.21 bits per heavy atom. The van der Waals surface area contributed by atoms with Crippen LogP contribution >= 0.6 is 0 Å². The van der Waals surface area contributed by atoms with Crippen molar-refractivity contribution in [3.8, 4) is 0 Å². The molecule has 1 heterocycles. The molecule has 0 aliphatic rings. The van der Waals surface area contributed by atoms with Crippen LogP contribution in [0.4, 0.5) is 0 Å². The maximum Gasteiger partial charge on any atom is 0.342 e. The Balaban J connectivity index is 1.97. The van der Waals surface area contributed by atoms with Crippen LogP contribution < -0.4 is 5.73 Å². The van der Waals surface area contributed by atoms with Gasteiger partial charge in [-0.2, -0.15) is 0 Å². The molecule has 0 aliphatic heterocycles. The average molecular weight is 259 g/mol. The number of aryl methyl sites for hydroxylation is 1. The molecule has 1 aromatic carbocycles. The number of furan rings is 1. The van der Waals surface area contributed by atoms with Gasteiger partial charge in [0.1, 0.15) is 17.9 Å². The predicted octanol–water partition coefficient (Wildman–Crippen LogP) is 2.04. The van der Waals surface area contributed by atoms with Crippen LogP contribution in [0.2, 0.25) is 0 Å². The number of hydrogen-bond donors (Lipinski definition) is 1. The highest BCUT2D eigenvalue weighted by atomic mass is 16.5. The Kier molecular flexibility index (Phi) is 3.66. The van der Waals surface area contributed by atoms with Crippen LogP contribution in [0.25, 0.3) is 0 Å². The number of carbonyl (C=O) groups is 2. The molecule has 1 aromatic heterocycles. The maximum absolute atomic E-state index is 11.7. The SMILES string of the molecule is Cc1occc1C(=O)OCc1ccc(C(N)=O)cc1. The van der Waals surface area contributed by atoms with Crippen molar-refractivity contribution in [2.24, 2.45) is 5.73 Å². The molecule has 2 aromatic rings. The fourth-order valence-electron chi connectivity index (χ4n) is 1.59. The smallest absolute Gasteiger partial charge is 0.342 e. The topological polar surface area (TPSA) is 82.5 Å². The van der Waals surface area contributed by atoms with Crippen LogP contribution in [0.15, 0.2) is 41.0 Å². The molecule has 19 heavy (non-hydrogen) atoms. The van der Waals surface area contributed by atoms with E-state index in [-0.39, 0.29) is 6.61 Å². The summed E-state index contributed by atoms with van der Waals surface area (Å²) in [6.45, 7) is 1.82. The summed E-state index contributed by atoms with van der Waals surface area (Å²) in [5.74, 6) is -0.406. The van der Waals surface area contributed by atoms with Crippen molar-refractivity contribution in [2.45, 2.75) is 13.5 Å². The third-order valence-electron chi connectivity index (χ3n) is 2.69. The zero-order chi connectivity index (χ0) is 13.8. The number of carbonyl (C=O) groups excluding carboxylic acids is 2. The van der Waals surface area contributed by atoms with Gasteiger partial charge in [0.05, 0.1) is 6.26 Å². The third kappa shape index (κ3) is 3.01. The van der Waals surface area contributed by atoms with Crippen molar-refractivity contribution in [3.05, 3.63) is 59.0 Å². The number of nitrogens with two attached hydrogens (primary N) is 1. The van der Waals surface area contributed by atoms with Crippen molar-refractivity contribution in [3.63, 3.8) is 0 Å². The van der Waals surface area contributed by atoms with Crippen molar-refractivity contribution in [2.75, 3.05) is 0 Å². The van der Waals surface area contributed by atoms with Gasteiger partial charge in [-0.25, -0.2) is 4.79 Å². The second-order valence-corrected chi connectivity index (χ2v) is 4.03. The van der Waals surface area contributed by atoms with E-state index in [1.54, 1.807) is 37.3 Å². The van der Waals surface area contributed by atoms with E-state index in [0.29, 0.717) is 16.9 Å². The van der Waals surface area contributed by atoms with Crippen LogP contribution in [-0.2, 0) is 11.3 Å². The zero-order valence-corrected chi connectivity index (χ0v) is 10.4. The van der Waals surface area contributed by atoms with Gasteiger partial charge < -0.3 is 14.9 Å². The van der Waals surface area contributed by atoms with Crippen LogP contribution in [0.1, 0.15) is 32.0 Å². The lowest BCUT2D eigenvalue weighted by molar-refractivity contribution is 0.0470. The molecule has 0 aliphatic carbocycles. The highest BCUT2D eigenvalue weighted by molar-refractivity contribution is 5.92. The second-order valence-electron chi connectivity index (χ2n) is 4.03. The van der Waals surface area contributed by atoms with E-state index in [0.717, 1.165) is 5.56 Å². The predicted molar refractivity (Wildman–Crippen MR) is 67.5 cm³/mol. The first-order valence-electron chi connectivity index (χ1n) is 5.68. The minimum Gasteiger partial charge on any atom is -0.469 e. The molecule has 2 rings (SSSR count). The van der Waals surface area contributed by atoms with Crippen molar-refractivity contribution in [1.29, 1.82) is 0 Å². The molecule has 2 N–H and O–H groups in total. The summed E-state index contributed by atoms with van der Waals surface area (Å²) in [5, 5.41) is 0. The Morgan fingerprint density at radius 2 is 1.89 bits per heavy atom. The van der Waals surface area contributed by atoms with Crippen LogP contribution in [-0.4, -0.2) is 11.9 Å². The fraction of sp³-hybridized carbons (Fsp3) is 0.143. The Bertz CT molecular complexity index is 598. The van der Waals surface area contributed by atoms with Gasteiger partial charge in [0.2, 0.25) is 5.91 Å². The van der Waals surface area contributed by atoms with Gasteiger partial charge in [-0.05, 0) is 30.7 Å². The van der Waals surface area contributed by atoms with Gasteiger partial charge in [0.15, 0.2) is 0 Å². The number of amides is 1. The van der Waals surface area contributed by atoms with Gasteiger partial charge in [0, 0.05) is 5.56 Å². The van der Waals surface area contributed by atoms with E-state index >= 15 is 0 Å². The van der Waals surface area contributed by atoms with E-state index in [1.165, 1.54) is 6.26 Å². The first kappa shape index (κ1) is 12.9. The number of benzene rings is 1. The number of primary amides is 1. The van der Waals surface area contributed by atoms with E-state index in [1.807, 2.05) is 0 Å². The standard InChI is InChI=1S/C14H13NO4/c1-9-12(6-7-18-9)14(17)19-8-10-2-4-11(5-3-10)13(15)16/h2-7H,8H2,1H3,(H2,15,16). The molecule has 0 atom stereocenters. The van der Waals surface area contributed by atoms with E-state index in [2.05, 4.69) is 0 Å². The molecule has 0 saturated heterocycles. The van der Waals surface area contributed by atoms with Crippen LogP contribution in [0.5, 0.6) is 0 Å². The lowest BCUT2D eigenvalue weighted by atomic mass is 10.1. The molecular formula is C14H13NO4. The fourth-order valence-corrected chi connectivity index (χ4v) is 1.59. The summed E-state index contributed by atoms with van der Waals surface area (Å²) in [5.41, 5.74) is 6.74. The van der Waals surface area contributed by atoms with Crippen molar-refractivity contribution in [1.82, 2.24) is 0 Å². The molecule has 0 unspecified atom stereocenters. The summed E-state index contributed by atoms with van der Waals surface area (Å²) in [6, 6.07) is 8.13. The van der Waals surface area contributed by atoms with E-state index in [4.69, 9.17) is 14.9 Å². The molecule has 5 heteroatoms. The molecule has 0 spiro atoms. The van der Waals surface area contributed by atoms with E-state index in [9.17, 15) is 9.59 Å². The zero-order valence-electron chi connectivity index (χ0n) is 10.4. The average Bonchev–Trinajstić information content (AvgIpc) is 2.83. The van der Waals surface area contributed by atoms with Crippen LogP contribution in [0, 0.1) is 6.92 Å². The van der Waals surface area contributed by atoms with Gasteiger partial charge in [0.25, 0.3) is 0 Å². The molecule has 0 fully saturated rings. The minimum absolute atomic E-state index is 0.127. The summed E-state index contributed by atoms with van der Waals surface area (Å²) >= 11 is 0. The Hall–Kier alpha value is -2.56. The number of rotatable bonds is 4. The lowest BCUT2D eigenvalue weighted by Gasteiger charge is -2.04. The van der Waals surface area contributed by atoms with Gasteiger partial charge in [-0.1, -0.05) is 12.1 Å². The maximum atomic E-state index is 11.7. The highest BCUT2D eigenvalue weighted by Gasteiger charge is 2.12. The third-order valence-corrected chi connectivity index (χ3v) is 2.69. The number of ether oxygens (including phenoxy) is 1. The minimum atomic E-state index is -0.488. The lowest BCUT2D eigenvalue weighted by Crippen LogP contribution is -2.11. The Morgan fingerprint density at radius 3 is 2.42 bits per heavy atom. The normalized spacial score (nSPS) is 10.2. The first-order valence-corrected chi connectivity index (χ1v) is 5.68. The van der Waals surface area contributed by atoms with Gasteiger partial charge >= 0.3 is 5.97 Å². The molecule has 0 radical (unpaired) electrons. The summed E-state index contributed by atoms with van der Waals surface area (Å²) in [6.07, 6.45) is 1.44. The quantitative estimate of drug-likeness (QED) is 0.852. The molecule has 0 bridgehead atoms. The molecule has 1 amide bonds. The molecule has 0 saturated carbocycles. The summed E-state index contributed by atoms with van der Waals surface area (Å²) < 4.78 is 10.2.